The van der Waals surface area contributed by atoms with E-state index in [1.54, 1.807) is 18.2 Å². The number of aliphatic hydroxyl groups is 1. The molecule has 2 heterocycles. The van der Waals surface area contributed by atoms with Gasteiger partial charge in [-0.15, -0.1) is 0 Å². The molecule has 1 amide bonds. The lowest BCUT2D eigenvalue weighted by atomic mass is 9.90. The molecule has 1 aliphatic rings. The fourth-order valence-electron chi connectivity index (χ4n) is 4.70. The van der Waals surface area contributed by atoms with Crippen LogP contribution in [0.25, 0.3) is 0 Å². The molecule has 0 saturated carbocycles. The molecular weight excluding hydrogens is 471 g/mol. The van der Waals surface area contributed by atoms with Gasteiger partial charge in [0.15, 0.2) is 0 Å². The van der Waals surface area contributed by atoms with Gasteiger partial charge in [-0.05, 0) is 69.2 Å². The van der Waals surface area contributed by atoms with Gasteiger partial charge in [-0.25, -0.2) is 0 Å². The van der Waals surface area contributed by atoms with Crippen LogP contribution in [0.2, 0.25) is 10.0 Å². The minimum absolute atomic E-state index is 0.0521. The minimum atomic E-state index is -0.458. The molecule has 4 rings (SSSR count). The Hall–Kier alpha value is -2.38. The second kappa shape index (κ2) is 10.1. The van der Waals surface area contributed by atoms with Crippen molar-refractivity contribution in [3.8, 4) is 0 Å². The zero-order valence-electron chi connectivity index (χ0n) is 19.6. The highest BCUT2D eigenvalue weighted by molar-refractivity contribution is 6.31. The van der Waals surface area contributed by atoms with Gasteiger partial charge < -0.3 is 10.4 Å². The molecule has 1 aliphatic heterocycles. The molecule has 0 aliphatic carbocycles. The number of nitrogens with zero attached hydrogens (tertiary/aromatic N) is 3. The van der Waals surface area contributed by atoms with Crippen LogP contribution in [-0.4, -0.2) is 44.9 Å². The molecule has 8 heteroatoms. The largest absolute Gasteiger partial charge is 0.395 e. The highest BCUT2D eigenvalue weighted by Crippen LogP contribution is 2.47. The normalized spacial score (nSPS) is 21.1. The van der Waals surface area contributed by atoms with Gasteiger partial charge in [0.1, 0.15) is 0 Å². The van der Waals surface area contributed by atoms with Crippen molar-refractivity contribution in [3.05, 3.63) is 82.1 Å². The standard InChI is InChI=1S/C26H30Cl2N4O2/c1-26(2,3)32-11-10-22(30-32)21-16-23(25(34)29-20-9-5-8-19(28)15-20)31(12-13-33)24(21)17-6-4-7-18(27)14-17/h4-11,14-15,21,23-24,33H,12-13,16H2,1-3H3,(H,29,34)/t21-,23+,24+/m1/s1. The number of nitrogens with one attached hydrogen (secondary N) is 1. The van der Waals surface area contributed by atoms with Crippen LogP contribution in [0.5, 0.6) is 0 Å². The number of hydrogen-bond donors (Lipinski definition) is 2. The summed E-state index contributed by atoms with van der Waals surface area (Å²) in [5.41, 5.74) is 2.40. The number of aliphatic hydroxyl groups excluding tert-OH is 1. The minimum Gasteiger partial charge on any atom is -0.395 e. The molecule has 2 aromatic carbocycles. The van der Waals surface area contributed by atoms with Crippen LogP contribution in [0.15, 0.2) is 60.8 Å². The van der Waals surface area contributed by atoms with Gasteiger partial charge in [0.05, 0.1) is 23.9 Å². The van der Waals surface area contributed by atoms with Crippen LogP contribution in [0.1, 0.15) is 50.4 Å². The van der Waals surface area contributed by atoms with E-state index >= 15 is 0 Å². The summed E-state index contributed by atoms with van der Waals surface area (Å²) in [5.74, 6) is -0.191. The first-order chi connectivity index (χ1) is 16.2. The third-order valence-electron chi connectivity index (χ3n) is 6.24. The lowest BCUT2D eigenvalue weighted by molar-refractivity contribution is -0.121. The highest BCUT2D eigenvalue weighted by Gasteiger charge is 2.46. The van der Waals surface area contributed by atoms with Crippen molar-refractivity contribution < 1.29 is 9.90 Å². The van der Waals surface area contributed by atoms with E-state index < -0.39 is 6.04 Å². The van der Waals surface area contributed by atoms with Crippen molar-refractivity contribution in [1.82, 2.24) is 14.7 Å². The first kappa shape index (κ1) is 24.7. The van der Waals surface area contributed by atoms with Gasteiger partial charge in [0.2, 0.25) is 5.91 Å². The second-order valence-corrected chi connectivity index (χ2v) is 10.5. The maximum absolute atomic E-state index is 13.5. The van der Waals surface area contributed by atoms with Crippen molar-refractivity contribution in [2.45, 2.75) is 50.7 Å². The van der Waals surface area contributed by atoms with Crippen LogP contribution < -0.4 is 5.32 Å². The number of benzene rings is 2. The number of halogens is 2. The topological polar surface area (TPSA) is 70.4 Å². The Morgan fingerprint density at radius 1 is 1.12 bits per heavy atom. The van der Waals surface area contributed by atoms with Crippen LogP contribution in [-0.2, 0) is 10.3 Å². The summed E-state index contributed by atoms with van der Waals surface area (Å²) < 4.78 is 1.95. The predicted octanol–water partition coefficient (Wildman–Crippen LogP) is 5.48. The van der Waals surface area contributed by atoms with E-state index in [4.69, 9.17) is 28.3 Å². The first-order valence-corrected chi connectivity index (χ1v) is 12.2. The van der Waals surface area contributed by atoms with Crippen molar-refractivity contribution in [1.29, 1.82) is 0 Å². The fourth-order valence-corrected chi connectivity index (χ4v) is 5.08. The van der Waals surface area contributed by atoms with Crippen molar-refractivity contribution >= 4 is 34.8 Å². The van der Waals surface area contributed by atoms with Crippen LogP contribution in [0.4, 0.5) is 5.69 Å². The number of carbonyl (C=O) groups is 1. The Balaban J connectivity index is 1.72. The van der Waals surface area contributed by atoms with Gasteiger partial charge in [0, 0.05) is 40.4 Å². The average molecular weight is 501 g/mol. The highest BCUT2D eigenvalue weighted by atomic mass is 35.5. The number of amides is 1. The molecule has 0 bridgehead atoms. The quantitative estimate of drug-likeness (QED) is 0.470. The molecule has 6 nitrogen and oxygen atoms in total. The fraction of sp³-hybridized carbons (Fsp3) is 0.385. The summed E-state index contributed by atoms with van der Waals surface area (Å²) in [5, 5.41) is 19.0. The number of likely N-dealkylation sites (tertiary alicyclic amines) is 1. The van der Waals surface area contributed by atoms with Crippen LogP contribution in [0, 0.1) is 0 Å². The molecule has 1 saturated heterocycles. The summed E-state index contributed by atoms with van der Waals surface area (Å²) in [7, 11) is 0. The first-order valence-electron chi connectivity index (χ1n) is 11.4. The zero-order valence-corrected chi connectivity index (χ0v) is 21.1. The molecule has 180 valence electrons. The molecule has 0 spiro atoms. The summed E-state index contributed by atoms with van der Waals surface area (Å²) >= 11 is 12.5. The summed E-state index contributed by atoms with van der Waals surface area (Å²) in [6.45, 7) is 6.59. The zero-order chi connectivity index (χ0) is 24.5. The van der Waals surface area contributed by atoms with Crippen molar-refractivity contribution in [3.63, 3.8) is 0 Å². The van der Waals surface area contributed by atoms with Crippen molar-refractivity contribution in [2.75, 3.05) is 18.5 Å². The van der Waals surface area contributed by atoms with Crippen LogP contribution >= 0.6 is 23.2 Å². The van der Waals surface area contributed by atoms with Gasteiger partial charge in [-0.1, -0.05) is 41.4 Å². The summed E-state index contributed by atoms with van der Waals surface area (Å²) in [6, 6.07) is 16.2. The Labute approximate surface area is 210 Å². The van der Waals surface area contributed by atoms with E-state index in [1.807, 2.05) is 47.3 Å². The summed E-state index contributed by atoms with van der Waals surface area (Å²) in [4.78, 5) is 15.5. The lowest BCUT2D eigenvalue weighted by Gasteiger charge is -2.31. The Morgan fingerprint density at radius 3 is 2.44 bits per heavy atom. The van der Waals surface area contributed by atoms with E-state index in [-0.39, 0.29) is 30.0 Å². The maximum Gasteiger partial charge on any atom is 0.241 e. The summed E-state index contributed by atoms with van der Waals surface area (Å²) in [6.07, 6.45) is 2.55. The van der Waals surface area contributed by atoms with E-state index in [9.17, 15) is 9.90 Å². The third-order valence-corrected chi connectivity index (χ3v) is 6.71. The Bertz CT molecular complexity index is 1160. The number of anilines is 1. The van der Waals surface area contributed by atoms with E-state index in [0.29, 0.717) is 28.7 Å². The van der Waals surface area contributed by atoms with Gasteiger partial charge in [-0.2, -0.15) is 5.10 Å². The van der Waals surface area contributed by atoms with Gasteiger partial charge >= 0.3 is 0 Å². The third kappa shape index (κ3) is 5.31. The predicted molar refractivity (Wildman–Crippen MR) is 136 cm³/mol. The second-order valence-electron chi connectivity index (χ2n) is 9.67. The molecule has 3 aromatic rings. The number of carbonyl (C=O) groups excluding carboxylic acids is 1. The number of aromatic nitrogens is 2. The molecule has 0 unspecified atom stereocenters. The van der Waals surface area contributed by atoms with E-state index in [2.05, 4.69) is 31.0 Å². The SMILES string of the molecule is CC(C)(C)n1ccc([C@H]2C[C@@H](C(=O)Nc3cccc(Cl)c3)N(CCO)[C@H]2c2cccc(Cl)c2)n1. The lowest BCUT2D eigenvalue weighted by Crippen LogP contribution is -2.42. The van der Waals surface area contributed by atoms with Crippen LogP contribution in [0.3, 0.4) is 0 Å². The van der Waals surface area contributed by atoms with E-state index in [1.165, 1.54) is 0 Å². The molecule has 3 atom stereocenters. The molecule has 1 aromatic heterocycles. The van der Waals surface area contributed by atoms with E-state index in [0.717, 1.165) is 11.3 Å². The molecule has 2 N–H and O–H groups in total. The maximum atomic E-state index is 13.5. The molecule has 0 radical (unpaired) electrons. The van der Waals surface area contributed by atoms with Gasteiger partial charge in [0.25, 0.3) is 0 Å². The van der Waals surface area contributed by atoms with Gasteiger partial charge in [-0.3, -0.25) is 14.4 Å². The number of rotatable bonds is 6. The number of hydrogen-bond acceptors (Lipinski definition) is 4. The Kier molecular flexibility index (Phi) is 7.33. The smallest absolute Gasteiger partial charge is 0.241 e. The molecular formula is C26H30Cl2N4O2. The monoisotopic (exact) mass is 500 g/mol. The number of β-amino-alcohol motifs (C(OH)–C–C–N with tert-alkyl or cyclic N) is 1. The van der Waals surface area contributed by atoms with Crippen molar-refractivity contribution in [2.24, 2.45) is 0 Å². The Morgan fingerprint density at radius 2 is 1.82 bits per heavy atom. The molecule has 1 fully saturated rings. The molecule has 34 heavy (non-hydrogen) atoms. The average Bonchev–Trinajstić information content (AvgIpc) is 3.39.